The van der Waals surface area contributed by atoms with Crippen molar-refractivity contribution in [2.45, 2.75) is 19.5 Å². The Morgan fingerprint density at radius 3 is 2.52 bits per heavy atom. The van der Waals surface area contributed by atoms with Crippen molar-refractivity contribution in [2.24, 2.45) is 0 Å². The number of hydrogen-bond donors (Lipinski definition) is 0. The van der Waals surface area contributed by atoms with E-state index in [2.05, 4.69) is 58.3 Å². The molecule has 0 N–H and O–H groups in total. The van der Waals surface area contributed by atoms with Gasteiger partial charge >= 0.3 is 0 Å². The minimum Gasteiger partial charge on any atom is -0.378 e. The van der Waals surface area contributed by atoms with E-state index in [4.69, 9.17) is 4.74 Å². The summed E-state index contributed by atoms with van der Waals surface area (Å²) in [5.41, 5.74) is 5.77. The zero-order valence-electron chi connectivity index (χ0n) is 13.6. The van der Waals surface area contributed by atoms with Crippen molar-refractivity contribution in [1.29, 1.82) is 0 Å². The smallest absolute Gasteiger partial charge is 0.0642 e. The highest BCUT2D eigenvalue weighted by atomic mass is 16.5. The van der Waals surface area contributed by atoms with Crippen LogP contribution >= 0.6 is 0 Å². The van der Waals surface area contributed by atoms with Crippen molar-refractivity contribution in [2.75, 3.05) is 37.7 Å². The van der Waals surface area contributed by atoms with E-state index >= 15 is 0 Å². The van der Waals surface area contributed by atoms with Crippen LogP contribution in [0.1, 0.15) is 16.7 Å². The van der Waals surface area contributed by atoms with Crippen molar-refractivity contribution in [3.63, 3.8) is 0 Å². The number of ether oxygens (including phenoxy) is 1. The normalized spacial score (nSPS) is 18.7. The van der Waals surface area contributed by atoms with Crippen LogP contribution in [-0.4, -0.2) is 37.7 Å². The van der Waals surface area contributed by atoms with E-state index in [0.29, 0.717) is 0 Å². The standard InChI is InChI=1S/C20H24N2O/c1-2-4-17(5-3-1)15-21-9-8-18-6-7-20(14-19(18)16-21)22-10-12-23-13-11-22/h1-7,14H,8-13,15-16H2. The lowest BCUT2D eigenvalue weighted by Crippen LogP contribution is -2.36. The molecule has 0 spiro atoms. The second kappa shape index (κ2) is 6.73. The number of anilines is 1. The highest BCUT2D eigenvalue weighted by Crippen LogP contribution is 2.26. The van der Waals surface area contributed by atoms with Gasteiger partial charge < -0.3 is 9.64 Å². The highest BCUT2D eigenvalue weighted by molar-refractivity contribution is 5.52. The molecule has 1 saturated heterocycles. The summed E-state index contributed by atoms with van der Waals surface area (Å²) in [7, 11) is 0. The maximum absolute atomic E-state index is 5.47. The van der Waals surface area contributed by atoms with Crippen molar-refractivity contribution in [3.8, 4) is 0 Å². The molecular weight excluding hydrogens is 284 g/mol. The van der Waals surface area contributed by atoms with E-state index in [-0.39, 0.29) is 0 Å². The van der Waals surface area contributed by atoms with E-state index in [9.17, 15) is 0 Å². The molecule has 3 heteroatoms. The average molecular weight is 308 g/mol. The van der Waals surface area contributed by atoms with Crippen LogP contribution in [-0.2, 0) is 24.2 Å². The van der Waals surface area contributed by atoms with Crippen LogP contribution in [0.15, 0.2) is 48.5 Å². The molecule has 0 unspecified atom stereocenters. The SMILES string of the molecule is c1ccc(CN2CCc3ccc(N4CCOCC4)cc3C2)cc1. The van der Waals surface area contributed by atoms with Crippen molar-refractivity contribution in [1.82, 2.24) is 4.90 Å². The van der Waals surface area contributed by atoms with Gasteiger partial charge in [-0.05, 0) is 35.2 Å². The van der Waals surface area contributed by atoms with Gasteiger partial charge in [-0.15, -0.1) is 0 Å². The molecule has 3 nitrogen and oxygen atoms in total. The number of fused-ring (bicyclic) bond motifs is 1. The maximum Gasteiger partial charge on any atom is 0.0642 e. The predicted molar refractivity (Wildman–Crippen MR) is 93.7 cm³/mol. The first-order valence-electron chi connectivity index (χ1n) is 8.59. The first kappa shape index (κ1) is 14.7. The van der Waals surface area contributed by atoms with Gasteiger partial charge in [-0.2, -0.15) is 0 Å². The lowest BCUT2D eigenvalue weighted by atomic mass is 9.98. The Kier molecular flexibility index (Phi) is 4.31. The van der Waals surface area contributed by atoms with Gasteiger partial charge in [0.1, 0.15) is 0 Å². The first-order valence-corrected chi connectivity index (χ1v) is 8.59. The maximum atomic E-state index is 5.47. The first-order chi connectivity index (χ1) is 11.4. The Balaban J connectivity index is 1.49. The van der Waals surface area contributed by atoms with Crippen LogP contribution in [0.2, 0.25) is 0 Å². The number of nitrogens with zero attached hydrogens (tertiary/aromatic N) is 2. The Morgan fingerprint density at radius 2 is 1.70 bits per heavy atom. The number of hydrogen-bond acceptors (Lipinski definition) is 3. The van der Waals surface area contributed by atoms with Gasteiger partial charge in [-0.3, -0.25) is 4.90 Å². The number of morpholine rings is 1. The minimum atomic E-state index is 0.844. The highest BCUT2D eigenvalue weighted by Gasteiger charge is 2.18. The fraction of sp³-hybridized carbons (Fsp3) is 0.400. The monoisotopic (exact) mass is 308 g/mol. The summed E-state index contributed by atoms with van der Waals surface area (Å²) >= 11 is 0. The molecule has 0 atom stereocenters. The van der Waals surface area contributed by atoms with Crippen molar-refractivity contribution in [3.05, 3.63) is 65.2 Å². The molecule has 120 valence electrons. The van der Waals surface area contributed by atoms with E-state index in [1.807, 2.05) is 0 Å². The third-order valence-corrected chi connectivity index (χ3v) is 4.91. The van der Waals surface area contributed by atoms with Crippen LogP contribution < -0.4 is 4.90 Å². The summed E-state index contributed by atoms with van der Waals surface area (Å²) in [5, 5.41) is 0. The van der Waals surface area contributed by atoms with Gasteiger partial charge in [0, 0.05) is 38.4 Å². The molecule has 2 aliphatic heterocycles. The lowest BCUT2D eigenvalue weighted by Gasteiger charge is -2.32. The molecule has 23 heavy (non-hydrogen) atoms. The molecule has 4 rings (SSSR count). The lowest BCUT2D eigenvalue weighted by molar-refractivity contribution is 0.122. The second-order valence-electron chi connectivity index (χ2n) is 6.50. The van der Waals surface area contributed by atoms with E-state index in [0.717, 1.165) is 52.4 Å². The zero-order chi connectivity index (χ0) is 15.5. The summed E-state index contributed by atoms with van der Waals surface area (Å²) < 4.78 is 5.47. The molecule has 0 saturated carbocycles. The van der Waals surface area contributed by atoms with E-state index in [1.54, 1.807) is 0 Å². The number of benzene rings is 2. The van der Waals surface area contributed by atoms with Gasteiger partial charge in [0.2, 0.25) is 0 Å². The van der Waals surface area contributed by atoms with Gasteiger partial charge in [0.05, 0.1) is 13.2 Å². The quantitative estimate of drug-likeness (QED) is 0.866. The second-order valence-corrected chi connectivity index (χ2v) is 6.50. The van der Waals surface area contributed by atoms with Crippen LogP contribution in [0, 0.1) is 0 Å². The fourth-order valence-corrected chi connectivity index (χ4v) is 3.60. The summed E-state index contributed by atoms with van der Waals surface area (Å²) in [5.74, 6) is 0. The van der Waals surface area contributed by atoms with Crippen LogP contribution in [0.5, 0.6) is 0 Å². The average Bonchev–Trinajstić information content (AvgIpc) is 2.63. The van der Waals surface area contributed by atoms with Gasteiger partial charge in [0.25, 0.3) is 0 Å². The van der Waals surface area contributed by atoms with Crippen LogP contribution in [0.25, 0.3) is 0 Å². The third kappa shape index (κ3) is 3.41. The van der Waals surface area contributed by atoms with Gasteiger partial charge in [0.15, 0.2) is 0 Å². The summed E-state index contributed by atoms with van der Waals surface area (Å²) in [6.07, 6.45) is 1.16. The minimum absolute atomic E-state index is 0.844. The van der Waals surface area contributed by atoms with Crippen molar-refractivity contribution >= 4 is 5.69 Å². The molecule has 1 fully saturated rings. The largest absolute Gasteiger partial charge is 0.378 e. The Labute approximate surface area is 138 Å². The molecule has 2 heterocycles. The Hall–Kier alpha value is -1.84. The molecule has 0 aliphatic carbocycles. The Bertz CT molecular complexity index is 650. The van der Waals surface area contributed by atoms with E-state index < -0.39 is 0 Å². The molecule has 2 aliphatic rings. The van der Waals surface area contributed by atoms with Crippen LogP contribution in [0.4, 0.5) is 5.69 Å². The summed E-state index contributed by atoms with van der Waals surface area (Å²) in [6, 6.07) is 17.8. The fourth-order valence-electron chi connectivity index (χ4n) is 3.60. The predicted octanol–water partition coefficient (Wildman–Crippen LogP) is 3.08. The Morgan fingerprint density at radius 1 is 0.870 bits per heavy atom. The van der Waals surface area contributed by atoms with Gasteiger partial charge in [-0.25, -0.2) is 0 Å². The third-order valence-electron chi connectivity index (χ3n) is 4.91. The van der Waals surface area contributed by atoms with Crippen LogP contribution in [0.3, 0.4) is 0 Å². The topological polar surface area (TPSA) is 15.7 Å². The van der Waals surface area contributed by atoms with E-state index in [1.165, 1.54) is 22.4 Å². The summed E-state index contributed by atoms with van der Waals surface area (Å²) in [4.78, 5) is 5.00. The molecule has 0 radical (unpaired) electrons. The molecule has 0 amide bonds. The van der Waals surface area contributed by atoms with Crippen molar-refractivity contribution < 1.29 is 4.74 Å². The molecule has 0 aromatic heterocycles. The molecular formula is C20H24N2O. The zero-order valence-corrected chi connectivity index (χ0v) is 13.6. The molecule has 2 aromatic carbocycles. The van der Waals surface area contributed by atoms with Gasteiger partial charge in [-0.1, -0.05) is 36.4 Å². The molecule has 2 aromatic rings. The summed E-state index contributed by atoms with van der Waals surface area (Å²) in [6.45, 7) is 6.96. The molecule has 0 bridgehead atoms. The number of rotatable bonds is 3.